The van der Waals surface area contributed by atoms with Crippen LogP contribution in [0.2, 0.25) is 0 Å². The summed E-state index contributed by atoms with van der Waals surface area (Å²) in [5.74, 6) is 1.29. The van der Waals surface area contributed by atoms with Crippen LogP contribution in [0, 0.1) is 11.7 Å². The van der Waals surface area contributed by atoms with Gasteiger partial charge in [-0.15, -0.1) is 0 Å². The Morgan fingerprint density at radius 2 is 2.17 bits per heavy atom. The van der Waals surface area contributed by atoms with Crippen LogP contribution in [0.5, 0.6) is 5.75 Å². The number of hydrogen-bond donors (Lipinski definition) is 1. The van der Waals surface area contributed by atoms with Gasteiger partial charge in [0.1, 0.15) is 11.6 Å². The number of hydrogen-bond acceptors (Lipinski definition) is 2. The Bertz CT molecular complexity index is 377. The van der Waals surface area contributed by atoms with E-state index in [-0.39, 0.29) is 5.82 Å². The van der Waals surface area contributed by atoms with Crippen molar-refractivity contribution in [3.63, 3.8) is 0 Å². The molecule has 2 nitrogen and oxygen atoms in total. The summed E-state index contributed by atoms with van der Waals surface area (Å²) in [6.45, 7) is 4.47. The first-order chi connectivity index (χ1) is 8.78. The first kappa shape index (κ1) is 13.3. The molecule has 100 valence electrons. The predicted octanol–water partition coefficient (Wildman–Crippen LogP) is 3.50. The highest BCUT2D eigenvalue weighted by Crippen LogP contribution is 2.32. The van der Waals surface area contributed by atoms with Crippen molar-refractivity contribution in [3.05, 3.63) is 29.6 Å². The smallest absolute Gasteiger partial charge is 0.127 e. The van der Waals surface area contributed by atoms with Crippen molar-refractivity contribution in [1.82, 2.24) is 5.32 Å². The van der Waals surface area contributed by atoms with E-state index in [4.69, 9.17) is 4.74 Å². The molecule has 0 spiro atoms. The molecule has 0 aliphatic heterocycles. The molecule has 1 aliphatic carbocycles. The Kier molecular flexibility index (Phi) is 5.00. The Morgan fingerprint density at radius 1 is 1.33 bits per heavy atom. The molecule has 2 rings (SSSR count). The van der Waals surface area contributed by atoms with Gasteiger partial charge in [-0.25, -0.2) is 4.39 Å². The fourth-order valence-electron chi connectivity index (χ4n) is 1.97. The maximum atomic E-state index is 13.4. The van der Waals surface area contributed by atoms with Gasteiger partial charge in [-0.05, 0) is 43.0 Å². The molecule has 1 saturated carbocycles. The monoisotopic (exact) mass is 251 g/mol. The molecule has 3 heteroatoms. The lowest BCUT2D eigenvalue weighted by molar-refractivity contribution is 0.300. The normalized spacial score (nSPS) is 14.8. The third kappa shape index (κ3) is 4.65. The largest absolute Gasteiger partial charge is 0.493 e. The number of nitrogens with one attached hydrogen (secondary N) is 1. The van der Waals surface area contributed by atoms with Crippen LogP contribution in [0.4, 0.5) is 4.39 Å². The molecule has 1 aromatic carbocycles. The second-order valence-corrected chi connectivity index (χ2v) is 5.05. The predicted molar refractivity (Wildman–Crippen MR) is 71.2 cm³/mol. The molecule has 0 radical (unpaired) electrons. The van der Waals surface area contributed by atoms with Gasteiger partial charge < -0.3 is 10.1 Å². The van der Waals surface area contributed by atoms with Crippen LogP contribution >= 0.6 is 0 Å². The van der Waals surface area contributed by atoms with E-state index in [1.165, 1.54) is 18.9 Å². The van der Waals surface area contributed by atoms with E-state index in [2.05, 4.69) is 12.2 Å². The minimum atomic E-state index is -0.216. The molecule has 1 aromatic rings. The highest BCUT2D eigenvalue weighted by Gasteiger charge is 2.20. The number of ether oxygens (including phenoxy) is 1. The van der Waals surface area contributed by atoms with E-state index >= 15 is 0 Å². The summed E-state index contributed by atoms with van der Waals surface area (Å²) in [5.41, 5.74) is 0.949. The van der Waals surface area contributed by atoms with Gasteiger partial charge in [0.15, 0.2) is 0 Å². The molecular weight excluding hydrogens is 229 g/mol. The van der Waals surface area contributed by atoms with Crippen molar-refractivity contribution in [2.24, 2.45) is 5.92 Å². The standard InChI is InChI=1S/C15H22FNO/c1-2-6-17-11-13-8-14(16)10-15(9-13)18-7-5-12-3-4-12/h8-10,12,17H,2-7,11H2,1H3. The first-order valence-electron chi connectivity index (χ1n) is 6.91. The number of halogens is 1. The molecule has 18 heavy (non-hydrogen) atoms. The summed E-state index contributed by atoms with van der Waals surface area (Å²) in [4.78, 5) is 0. The van der Waals surface area contributed by atoms with Gasteiger partial charge in [-0.2, -0.15) is 0 Å². The van der Waals surface area contributed by atoms with E-state index in [0.717, 1.165) is 30.9 Å². The second kappa shape index (κ2) is 6.74. The lowest BCUT2D eigenvalue weighted by atomic mass is 10.2. The highest BCUT2D eigenvalue weighted by molar-refractivity contribution is 5.29. The van der Waals surface area contributed by atoms with E-state index in [1.54, 1.807) is 6.07 Å². The van der Waals surface area contributed by atoms with Crippen molar-refractivity contribution < 1.29 is 9.13 Å². The van der Waals surface area contributed by atoms with Crippen molar-refractivity contribution in [3.8, 4) is 5.75 Å². The third-order valence-electron chi connectivity index (χ3n) is 3.18. The van der Waals surface area contributed by atoms with E-state index in [1.807, 2.05) is 6.07 Å². The van der Waals surface area contributed by atoms with Crippen molar-refractivity contribution in [1.29, 1.82) is 0 Å². The molecule has 1 fully saturated rings. The van der Waals surface area contributed by atoms with Gasteiger partial charge in [0.25, 0.3) is 0 Å². The quantitative estimate of drug-likeness (QED) is 0.714. The zero-order valence-corrected chi connectivity index (χ0v) is 11.0. The fourth-order valence-corrected chi connectivity index (χ4v) is 1.97. The Balaban J connectivity index is 1.83. The SMILES string of the molecule is CCCNCc1cc(F)cc(OCCC2CC2)c1. The second-order valence-electron chi connectivity index (χ2n) is 5.05. The van der Waals surface area contributed by atoms with E-state index in [9.17, 15) is 4.39 Å². The van der Waals surface area contributed by atoms with E-state index in [0.29, 0.717) is 18.9 Å². The van der Waals surface area contributed by atoms with Gasteiger partial charge in [-0.3, -0.25) is 0 Å². The Labute approximate surface area is 109 Å². The minimum absolute atomic E-state index is 0.216. The molecule has 0 heterocycles. The topological polar surface area (TPSA) is 21.3 Å². The average Bonchev–Trinajstić information content (AvgIpc) is 3.13. The van der Waals surface area contributed by atoms with Gasteiger partial charge >= 0.3 is 0 Å². The molecule has 1 N–H and O–H groups in total. The van der Waals surface area contributed by atoms with Gasteiger partial charge in [0.05, 0.1) is 6.61 Å². The van der Waals surface area contributed by atoms with Crippen molar-refractivity contribution >= 4 is 0 Å². The average molecular weight is 251 g/mol. The summed E-state index contributed by atoms with van der Waals surface area (Å²) >= 11 is 0. The molecule has 0 amide bonds. The minimum Gasteiger partial charge on any atom is -0.493 e. The van der Waals surface area contributed by atoms with Gasteiger partial charge in [0, 0.05) is 12.6 Å². The molecule has 0 saturated heterocycles. The lowest BCUT2D eigenvalue weighted by Gasteiger charge is -2.09. The maximum absolute atomic E-state index is 13.4. The van der Waals surface area contributed by atoms with Crippen LogP contribution in [-0.4, -0.2) is 13.2 Å². The summed E-state index contributed by atoms with van der Waals surface area (Å²) < 4.78 is 19.0. The summed E-state index contributed by atoms with van der Waals surface area (Å²) in [6.07, 6.45) is 4.84. The lowest BCUT2D eigenvalue weighted by Crippen LogP contribution is -2.14. The maximum Gasteiger partial charge on any atom is 0.127 e. The zero-order chi connectivity index (χ0) is 12.8. The van der Waals surface area contributed by atoms with Crippen LogP contribution in [0.25, 0.3) is 0 Å². The molecule has 0 unspecified atom stereocenters. The summed E-state index contributed by atoms with van der Waals surface area (Å²) in [5, 5.41) is 3.27. The highest BCUT2D eigenvalue weighted by atomic mass is 19.1. The number of benzene rings is 1. The summed E-state index contributed by atoms with van der Waals surface area (Å²) in [7, 11) is 0. The van der Waals surface area contributed by atoms with E-state index < -0.39 is 0 Å². The van der Waals surface area contributed by atoms with Crippen LogP contribution in [0.1, 0.15) is 38.2 Å². The van der Waals surface area contributed by atoms with Gasteiger partial charge in [-0.1, -0.05) is 19.8 Å². The Hall–Kier alpha value is -1.09. The van der Waals surface area contributed by atoms with Gasteiger partial charge in [0.2, 0.25) is 0 Å². The third-order valence-corrected chi connectivity index (χ3v) is 3.18. The van der Waals surface area contributed by atoms with Crippen LogP contribution in [0.15, 0.2) is 18.2 Å². The fraction of sp³-hybridized carbons (Fsp3) is 0.600. The van der Waals surface area contributed by atoms with Crippen LogP contribution in [0.3, 0.4) is 0 Å². The molecule has 0 atom stereocenters. The number of rotatable bonds is 8. The molecule has 0 bridgehead atoms. The van der Waals surface area contributed by atoms with Crippen molar-refractivity contribution in [2.75, 3.05) is 13.2 Å². The summed E-state index contributed by atoms with van der Waals surface area (Å²) in [6, 6.07) is 4.96. The van der Waals surface area contributed by atoms with Crippen molar-refractivity contribution in [2.45, 2.75) is 39.2 Å². The molecule has 0 aromatic heterocycles. The zero-order valence-electron chi connectivity index (χ0n) is 11.0. The van der Waals surface area contributed by atoms with Crippen LogP contribution in [-0.2, 0) is 6.54 Å². The Morgan fingerprint density at radius 3 is 2.89 bits per heavy atom. The molecule has 1 aliphatic rings. The first-order valence-corrected chi connectivity index (χ1v) is 6.91. The molecular formula is C15H22FNO. The van der Waals surface area contributed by atoms with Crippen LogP contribution < -0.4 is 10.1 Å².